The first-order valence-electron chi connectivity index (χ1n) is 10.5. The van der Waals surface area contributed by atoms with Gasteiger partial charge in [0.2, 0.25) is 6.40 Å². The third-order valence-corrected chi connectivity index (χ3v) is 14.9. The van der Waals surface area contributed by atoms with Crippen molar-refractivity contribution >= 4 is 146 Å². The SMILES string of the molecule is CSCSC/N=C\OOCSCSCSCSC(=O)NCSCSCSC/N=C\S(=O)CCSCCO. The van der Waals surface area contributed by atoms with E-state index < -0.39 is 10.8 Å². The summed E-state index contributed by atoms with van der Waals surface area (Å²) in [5, 5.41) is 17.0. The van der Waals surface area contributed by atoms with E-state index in [-0.39, 0.29) is 11.8 Å². The van der Waals surface area contributed by atoms with E-state index in [2.05, 4.69) is 21.6 Å². The Bertz CT molecular complexity index is 598. The second-order valence-corrected chi connectivity index (χ2v) is 19.2. The van der Waals surface area contributed by atoms with Crippen molar-refractivity contribution in [2.24, 2.45) is 9.98 Å². The van der Waals surface area contributed by atoms with Crippen LogP contribution in [-0.4, -0.2) is 111 Å². The van der Waals surface area contributed by atoms with Gasteiger partial charge >= 0.3 is 0 Å². The lowest BCUT2D eigenvalue weighted by atomic mass is 10.9. The molecule has 2 N–H and O–H groups in total. The molecule has 8 nitrogen and oxygen atoms in total. The maximum Gasteiger partial charge on any atom is 0.280 e. The smallest absolute Gasteiger partial charge is 0.280 e. The van der Waals surface area contributed by atoms with Gasteiger partial charge in [0.1, 0.15) is 5.94 Å². The fourth-order valence-corrected chi connectivity index (χ4v) is 11.6. The first kappa shape index (κ1) is 39.2. The van der Waals surface area contributed by atoms with Crippen molar-refractivity contribution < 1.29 is 23.9 Å². The van der Waals surface area contributed by atoms with E-state index in [9.17, 15) is 9.00 Å². The van der Waals surface area contributed by atoms with Crippen LogP contribution in [0.2, 0.25) is 0 Å². The van der Waals surface area contributed by atoms with Gasteiger partial charge < -0.3 is 15.3 Å². The van der Waals surface area contributed by atoms with E-state index in [1.54, 1.807) is 106 Å². The van der Waals surface area contributed by atoms with E-state index in [0.717, 1.165) is 36.3 Å². The van der Waals surface area contributed by atoms with Crippen LogP contribution in [0.3, 0.4) is 0 Å². The summed E-state index contributed by atoms with van der Waals surface area (Å²) in [5.41, 5.74) is 1.52. The van der Waals surface area contributed by atoms with Crippen molar-refractivity contribution in [3.63, 3.8) is 0 Å². The fraction of sp³-hybridized carbons (Fsp3) is 0.833. The summed E-state index contributed by atoms with van der Waals surface area (Å²) in [6.45, 7) is 0.159. The lowest BCUT2D eigenvalue weighted by molar-refractivity contribution is -0.196. The molecule has 0 aliphatic heterocycles. The molecule has 1 unspecified atom stereocenters. The van der Waals surface area contributed by atoms with Crippen LogP contribution in [0.25, 0.3) is 0 Å². The number of aliphatic imine (C=N–C) groups is 2. The minimum Gasteiger partial charge on any atom is -0.396 e. The minimum absolute atomic E-state index is 0.00918. The number of aliphatic hydroxyl groups is 1. The van der Waals surface area contributed by atoms with Crippen molar-refractivity contribution in [3.05, 3.63) is 0 Å². The summed E-state index contributed by atoms with van der Waals surface area (Å²) in [5.74, 6) is 4.37. The number of carbonyl (C=O) groups excluding carboxylic acids is 1. The van der Waals surface area contributed by atoms with Crippen LogP contribution in [0.5, 0.6) is 0 Å². The van der Waals surface area contributed by atoms with Crippen molar-refractivity contribution in [1.29, 1.82) is 0 Å². The molecule has 0 rings (SSSR count). The van der Waals surface area contributed by atoms with Crippen molar-refractivity contribution in [1.82, 2.24) is 5.32 Å². The molecular formula is C18H35N3O5S11. The van der Waals surface area contributed by atoms with Gasteiger partial charge in [0.15, 0.2) is 0 Å². The number of rotatable bonds is 28. The molecule has 0 aromatic heterocycles. The van der Waals surface area contributed by atoms with Gasteiger partial charge in [-0.25, -0.2) is 4.99 Å². The molecule has 37 heavy (non-hydrogen) atoms. The predicted molar refractivity (Wildman–Crippen MR) is 188 cm³/mol. The van der Waals surface area contributed by atoms with Gasteiger partial charge in [-0.15, -0.1) is 82.3 Å². The summed E-state index contributed by atoms with van der Waals surface area (Å²) >= 11 is 16.7. The first-order valence-corrected chi connectivity index (χ1v) is 23.5. The highest BCUT2D eigenvalue weighted by Gasteiger charge is 2.02. The number of aliphatic hydroxyl groups excluding tert-OH is 1. The highest BCUT2D eigenvalue weighted by molar-refractivity contribution is 8.29. The lowest BCUT2D eigenvalue weighted by Gasteiger charge is -2.05. The summed E-state index contributed by atoms with van der Waals surface area (Å²) in [6.07, 6.45) is 3.40. The Morgan fingerprint density at radius 2 is 1.59 bits per heavy atom. The van der Waals surface area contributed by atoms with Crippen LogP contribution in [0, 0.1) is 0 Å². The Balaban J connectivity index is 3.29. The van der Waals surface area contributed by atoms with Gasteiger partial charge in [-0.3, -0.25) is 14.0 Å². The van der Waals surface area contributed by atoms with Crippen LogP contribution in [-0.2, 0) is 20.6 Å². The highest BCUT2D eigenvalue weighted by Crippen LogP contribution is 2.22. The number of hydrogen-bond donors (Lipinski definition) is 2. The number of amides is 1. The van der Waals surface area contributed by atoms with Crippen molar-refractivity contribution in [2.45, 2.75) is 0 Å². The quantitative estimate of drug-likeness (QED) is 0.0246. The second-order valence-electron chi connectivity index (χ2n) is 5.76. The second kappa shape index (κ2) is 34.4. The van der Waals surface area contributed by atoms with Gasteiger partial charge in [0, 0.05) is 47.8 Å². The largest absolute Gasteiger partial charge is 0.396 e. The number of nitrogens with zero attached hydrogens (tertiary/aromatic N) is 2. The van der Waals surface area contributed by atoms with Crippen LogP contribution < -0.4 is 5.32 Å². The number of nitrogens with one attached hydrogen (secondary N) is 1. The molecule has 0 fully saturated rings. The molecule has 218 valence electrons. The molecule has 0 saturated heterocycles. The first-order chi connectivity index (χ1) is 18.2. The molecular weight excluding hydrogens is 691 g/mol. The third-order valence-electron chi connectivity index (χ3n) is 2.97. The average molecular weight is 726 g/mol. The van der Waals surface area contributed by atoms with Gasteiger partial charge in [-0.05, 0) is 6.26 Å². The normalized spacial score (nSPS) is 12.5. The monoisotopic (exact) mass is 725 g/mol. The van der Waals surface area contributed by atoms with E-state index in [0.29, 0.717) is 35.1 Å². The molecule has 1 atom stereocenters. The molecule has 0 spiro atoms. The maximum absolute atomic E-state index is 11.8. The van der Waals surface area contributed by atoms with Crippen LogP contribution in [0.15, 0.2) is 9.98 Å². The minimum atomic E-state index is -1.03. The Labute approximate surface area is 266 Å². The van der Waals surface area contributed by atoms with Crippen LogP contribution in [0.1, 0.15) is 0 Å². The van der Waals surface area contributed by atoms with Gasteiger partial charge in [0.05, 0.1) is 40.6 Å². The molecule has 19 heteroatoms. The molecule has 0 heterocycles. The third kappa shape index (κ3) is 34.3. The summed E-state index contributed by atoms with van der Waals surface area (Å²) in [6, 6.07) is 0. The molecule has 0 aliphatic carbocycles. The Hall–Kier alpha value is 2.18. The van der Waals surface area contributed by atoms with Gasteiger partial charge in [0.25, 0.3) is 5.24 Å². The zero-order valence-electron chi connectivity index (χ0n) is 20.5. The van der Waals surface area contributed by atoms with E-state index in [4.69, 9.17) is 14.9 Å². The predicted octanol–water partition coefficient (Wildman–Crippen LogP) is 5.98. The number of thioether (sulfide) groups is 10. The zero-order chi connectivity index (χ0) is 27.1. The van der Waals surface area contributed by atoms with Crippen LogP contribution in [0.4, 0.5) is 4.79 Å². The molecule has 0 radical (unpaired) electrons. The summed E-state index contributed by atoms with van der Waals surface area (Å²) in [7, 11) is -1.03. The molecule has 0 aromatic rings. The Morgan fingerprint density at radius 3 is 2.41 bits per heavy atom. The number of hydrogen-bond acceptors (Lipinski definition) is 17. The topological polar surface area (TPSA) is 110 Å². The maximum atomic E-state index is 11.8. The van der Waals surface area contributed by atoms with E-state index in [1.807, 2.05) is 0 Å². The van der Waals surface area contributed by atoms with Gasteiger partial charge in [-0.1, -0.05) is 11.8 Å². The standard InChI is InChI=1S/C18H35N3O5S11/c1-27-12-29-7-19-6-25-26-11-32-15-34-16-35-17-36-18(23)21-9-31-14-33-13-30-8-20-10-37(24)5-4-28-3-2-22/h6,10,22H,2-5,7-9,11-17H2,1H3,(H,21,23)/b19-6-,20-10-. The van der Waals surface area contributed by atoms with Gasteiger partial charge in [-0.2, -0.15) is 28.4 Å². The average Bonchev–Trinajstić information content (AvgIpc) is 2.90. The lowest BCUT2D eigenvalue weighted by Crippen LogP contribution is -2.17. The van der Waals surface area contributed by atoms with E-state index in [1.165, 1.54) is 23.7 Å². The van der Waals surface area contributed by atoms with Crippen molar-refractivity contribution in [3.8, 4) is 0 Å². The number of carbonyl (C=O) groups is 1. The molecule has 0 aromatic carbocycles. The summed E-state index contributed by atoms with van der Waals surface area (Å²) < 4.78 is 11.7. The molecule has 0 bridgehead atoms. The van der Waals surface area contributed by atoms with Crippen LogP contribution >= 0.6 is 118 Å². The summed E-state index contributed by atoms with van der Waals surface area (Å²) in [4.78, 5) is 29.9. The Kier molecular flexibility index (Phi) is 36.4. The van der Waals surface area contributed by atoms with Crippen molar-refractivity contribution in [2.75, 3.05) is 84.2 Å². The molecule has 1 amide bonds. The highest BCUT2D eigenvalue weighted by atomic mass is 32.3. The van der Waals surface area contributed by atoms with E-state index >= 15 is 0 Å². The fourth-order valence-electron chi connectivity index (χ4n) is 1.56. The Morgan fingerprint density at radius 1 is 0.892 bits per heavy atom. The molecule has 0 aliphatic rings. The molecule has 0 saturated carbocycles. The zero-order valence-corrected chi connectivity index (χ0v) is 29.5.